The third-order valence-corrected chi connectivity index (χ3v) is 4.17. The highest BCUT2D eigenvalue weighted by Crippen LogP contribution is 2.29. The van der Waals surface area contributed by atoms with Crippen LogP contribution in [0.4, 0.5) is 13.3 Å². The van der Waals surface area contributed by atoms with Crippen molar-refractivity contribution in [2.45, 2.75) is 18.6 Å². The van der Waals surface area contributed by atoms with Crippen LogP contribution in [0.15, 0.2) is 28.0 Å². The number of benzene rings is 1. The first-order valence-electron chi connectivity index (χ1n) is 6.79. The Hall–Kier alpha value is -2.56. The van der Waals surface area contributed by atoms with Gasteiger partial charge >= 0.3 is 12.6 Å². The van der Waals surface area contributed by atoms with Crippen molar-refractivity contribution < 1.29 is 35.9 Å². The lowest BCUT2D eigenvalue weighted by Gasteiger charge is -2.14. The molecule has 0 aliphatic carbocycles. The molecule has 0 aliphatic rings. The molecule has 1 aromatic heterocycles. The average molecular weight is 379 g/mol. The summed E-state index contributed by atoms with van der Waals surface area (Å²) in [7, 11) is -4.44. The van der Waals surface area contributed by atoms with Crippen molar-refractivity contribution >= 4 is 26.7 Å². The van der Waals surface area contributed by atoms with Crippen molar-refractivity contribution in [2.24, 2.45) is 0 Å². The maximum Gasteiger partial charge on any atom is 0.387 e. The van der Waals surface area contributed by atoms with Gasteiger partial charge in [-0.1, -0.05) is 10.5 Å². The minimum Gasteiger partial charge on any atom is -0.462 e. The van der Waals surface area contributed by atoms with Crippen molar-refractivity contribution in [1.29, 1.82) is 0 Å². The SMILES string of the molecule is CCOC(=O)c1c(S(C)(=O)=O)n(F)c2c(OC(F)F)cccc2c1=O. The summed E-state index contributed by atoms with van der Waals surface area (Å²) in [4.78, 5) is 24.0. The number of aromatic nitrogens is 1. The van der Waals surface area contributed by atoms with Gasteiger partial charge in [0.25, 0.3) is 0 Å². The summed E-state index contributed by atoms with van der Waals surface area (Å²) in [5.74, 6) is -2.10. The van der Waals surface area contributed by atoms with Crippen molar-refractivity contribution in [3.8, 4) is 5.75 Å². The number of esters is 1. The van der Waals surface area contributed by atoms with Crippen LogP contribution >= 0.6 is 0 Å². The zero-order valence-electron chi connectivity index (χ0n) is 13.0. The Balaban J connectivity index is 3.04. The summed E-state index contributed by atoms with van der Waals surface area (Å²) in [6.07, 6.45) is 0.559. The van der Waals surface area contributed by atoms with Gasteiger partial charge in [-0.2, -0.15) is 13.6 Å². The molecule has 0 atom stereocenters. The molecule has 0 radical (unpaired) electrons. The summed E-state index contributed by atoms with van der Waals surface area (Å²) in [6.45, 7) is -2.13. The largest absolute Gasteiger partial charge is 0.462 e. The molecule has 0 fully saturated rings. The van der Waals surface area contributed by atoms with E-state index < -0.39 is 59.9 Å². The predicted octanol–water partition coefficient (Wildman–Crippen LogP) is 1.92. The highest BCUT2D eigenvalue weighted by atomic mass is 32.2. The van der Waals surface area contributed by atoms with Gasteiger partial charge in [0.15, 0.2) is 20.6 Å². The Morgan fingerprint density at radius 2 is 1.96 bits per heavy atom. The Morgan fingerprint density at radius 3 is 2.48 bits per heavy atom. The molecule has 2 rings (SSSR count). The predicted molar refractivity (Wildman–Crippen MR) is 80.4 cm³/mol. The van der Waals surface area contributed by atoms with Crippen LogP contribution in [0, 0.1) is 0 Å². The average Bonchev–Trinajstić information content (AvgIpc) is 2.48. The quantitative estimate of drug-likeness (QED) is 0.737. The number of pyridine rings is 1. The van der Waals surface area contributed by atoms with Crippen LogP contribution in [0.5, 0.6) is 5.75 Å². The Bertz CT molecular complexity index is 1000. The Kier molecular flexibility index (Phi) is 5.07. The number of carbonyl (C=O) groups is 1. The van der Waals surface area contributed by atoms with Gasteiger partial charge in [0.2, 0.25) is 5.43 Å². The zero-order valence-corrected chi connectivity index (χ0v) is 13.8. The molecular formula is C14H12F3NO6S. The molecule has 0 aliphatic heterocycles. The van der Waals surface area contributed by atoms with E-state index in [1.165, 1.54) is 6.92 Å². The third kappa shape index (κ3) is 3.45. The molecule has 0 unspecified atom stereocenters. The van der Waals surface area contributed by atoms with Crippen molar-refractivity contribution in [3.63, 3.8) is 0 Å². The van der Waals surface area contributed by atoms with Gasteiger partial charge in [-0.15, -0.1) is 0 Å². The highest BCUT2D eigenvalue weighted by molar-refractivity contribution is 7.90. The molecule has 0 amide bonds. The van der Waals surface area contributed by atoms with E-state index in [-0.39, 0.29) is 6.61 Å². The van der Waals surface area contributed by atoms with E-state index in [2.05, 4.69) is 9.47 Å². The molecular weight excluding hydrogens is 367 g/mol. The van der Waals surface area contributed by atoms with E-state index in [1.807, 2.05) is 0 Å². The number of sulfone groups is 1. The molecule has 1 aromatic carbocycles. The molecule has 7 nitrogen and oxygen atoms in total. The van der Waals surface area contributed by atoms with Crippen molar-refractivity contribution in [1.82, 2.24) is 4.79 Å². The summed E-state index contributed by atoms with van der Waals surface area (Å²) in [6, 6.07) is 3.09. The van der Waals surface area contributed by atoms with E-state index in [1.54, 1.807) is 0 Å². The first-order chi connectivity index (χ1) is 11.6. The van der Waals surface area contributed by atoms with Gasteiger partial charge in [-0.05, 0) is 19.1 Å². The fourth-order valence-corrected chi connectivity index (χ4v) is 3.17. The molecule has 11 heteroatoms. The fourth-order valence-electron chi connectivity index (χ4n) is 2.24. The van der Waals surface area contributed by atoms with Gasteiger partial charge < -0.3 is 9.47 Å². The summed E-state index contributed by atoms with van der Waals surface area (Å²) < 4.78 is 72.4. The number of halogens is 3. The number of hydrogen-bond acceptors (Lipinski definition) is 6. The van der Waals surface area contributed by atoms with E-state index in [4.69, 9.17) is 0 Å². The van der Waals surface area contributed by atoms with Crippen LogP contribution in [-0.2, 0) is 14.6 Å². The van der Waals surface area contributed by atoms with Crippen LogP contribution in [0.1, 0.15) is 17.3 Å². The number of para-hydroxylation sites is 1. The second-order valence-corrected chi connectivity index (χ2v) is 6.74. The van der Waals surface area contributed by atoms with Crippen LogP contribution in [-0.4, -0.2) is 38.7 Å². The first kappa shape index (κ1) is 18.8. The van der Waals surface area contributed by atoms with Crippen LogP contribution in [0.25, 0.3) is 10.9 Å². The molecule has 0 saturated carbocycles. The maximum atomic E-state index is 14.8. The van der Waals surface area contributed by atoms with Crippen LogP contribution in [0.2, 0.25) is 0 Å². The lowest BCUT2D eigenvalue weighted by atomic mass is 10.1. The molecule has 0 saturated heterocycles. The van der Waals surface area contributed by atoms with Crippen molar-refractivity contribution in [3.05, 3.63) is 34.0 Å². The summed E-state index contributed by atoms with van der Waals surface area (Å²) in [5, 5.41) is -1.81. The van der Waals surface area contributed by atoms with E-state index >= 15 is 0 Å². The Labute approximate surface area is 139 Å². The minimum atomic E-state index is -4.44. The van der Waals surface area contributed by atoms with Crippen LogP contribution < -0.4 is 10.2 Å². The molecule has 25 heavy (non-hydrogen) atoms. The lowest BCUT2D eigenvalue weighted by Crippen LogP contribution is -2.26. The summed E-state index contributed by atoms with van der Waals surface area (Å²) >= 11 is 0. The molecule has 1 heterocycles. The van der Waals surface area contributed by atoms with Crippen molar-refractivity contribution in [2.75, 3.05) is 12.9 Å². The van der Waals surface area contributed by atoms with Gasteiger partial charge in [0.05, 0.1) is 12.0 Å². The number of ether oxygens (including phenoxy) is 2. The number of nitrogens with zero attached hydrogens (tertiary/aromatic N) is 1. The highest BCUT2D eigenvalue weighted by Gasteiger charge is 2.31. The number of rotatable bonds is 5. The first-order valence-corrected chi connectivity index (χ1v) is 8.68. The van der Waals surface area contributed by atoms with E-state index in [0.29, 0.717) is 6.26 Å². The molecule has 0 spiro atoms. The smallest absolute Gasteiger partial charge is 0.387 e. The number of alkyl halides is 2. The summed E-state index contributed by atoms with van der Waals surface area (Å²) in [5.41, 5.74) is -3.06. The van der Waals surface area contributed by atoms with E-state index in [0.717, 1.165) is 18.2 Å². The molecule has 2 aromatic rings. The van der Waals surface area contributed by atoms with Gasteiger partial charge in [0.1, 0.15) is 11.1 Å². The Morgan fingerprint density at radius 1 is 1.32 bits per heavy atom. The molecule has 136 valence electrons. The number of fused-ring (bicyclic) bond motifs is 1. The normalized spacial score (nSPS) is 11.8. The lowest BCUT2D eigenvalue weighted by molar-refractivity contribution is -0.0492. The fraction of sp³-hybridized carbons (Fsp3) is 0.286. The number of hydrogen-bond donors (Lipinski definition) is 0. The topological polar surface area (TPSA) is 91.7 Å². The van der Waals surface area contributed by atoms with Crippen LogP contribution in [0.3, 0.4) is 0 Å². The standard InChI is InChI=1S/C14H12F3NO6S/c1-3-23-13(20)9-11(19)7-5-4-6-8(24-14(15)16)10(7)18(17)12(9)25(2,21)22/h4-6,14H,3H2,1-2H3. The van der Waals surface area contributed by atoms with E-state index in [9.17, 15) is 31.3 Å². The minimum absolute atomic E-state index is 0.194. The second-order valence-electron chi connectivity index (χ2n) is 4.81. The monoisotopic (exact) mass is 379 g/mol. The van der Waals surface area contributed by atoms with Gasteiger partial charge in [-0.25, -0.2) is 13.2 Å². The van der Waals surface area contributed by atoms with Gasteiger partial charge in [-0.3, -0.25) is 4.79 Å². The second kappa shape index (κ2) is 6.75. The number of carbonyl (C=O) groups excluding carboxylic acids is 1. The molecule has 0 bridgehead atoms. The van der Waals surface area contributed by atoms with Gasteiger partial charge in [0, 0.05) is 6.26 Å². The third-order valence-electron chi connectivity index (χ3n) is 3.11. The zero-order chi connectivity index (χ0) is 18.9. The molecule has 0 N–H and O–H groups in total. The maximum absolute atomic E-state index is 14.8.